The number of hydrogen-bond donors (Lipinski definition) is 1. The average Bonchev–Trinajstić information content (AvgIpc) is 1.65. The normalized spacial score (nSPS) is 9.17. The fourth-order valence-electron chi connectivity index (χ4n) is 0.144. The Morgan fingerprint density at radius 2 is 2.50 bits per heavy atom. The third-order valence-corrected chi connectivity index (χ3v) is 0.598. The van der Waals surface area contributed by atoms with E-state index in [1.165, 1.54) is 6.08 Å². The van der Waals surface area contributed by atoms with E-state index in [-0.39, 0.29) is 0 Å². The molecular weight excluding hydrogens is 76.1 g/mol. The average molecular weight is 85.1 g/mol. The second kappa shape index (κ2) is 2.91. The molecule has 1 radical (unpaired) electrons. The van der Waals surface area contributed by atoms with Crippen LogP contribution in [0.25, 0.3) is 0 Å². The molecular formula is C5H9O. The molecule has 0 aromatic rings. The van der Waals surface area contributed by atoms with Crippen LogP contribution in [0, 0.1) is 6.10 Å². The predicted octanol–water partition coefficient (Wildman–Crippen LogP) is 1.49. The Kier molecular flexibility index (Phi) is 2.77. The Labute approximate surface area is 38.3 Å². The maximum absolute atomic E-state index is 8.47. The molecule has 6 heavy (non-hydrogen) atoms. The summed E-state index contributed by atoms with van der Waals surface area (Å²) in [6.45, 7) is 5.22. The minimum absolute atomic E-state index is 0.356. The topological polar surface area (TPSA) is 20.2 Å². The summed E-state index contributed by atoms with van der Waals surface area (Å²) >= 11 is 0. The monoisotopic (exact) mass is 85.1 g/mol. The highest BCUT2D eigenvalue weighted by Gasteiger charge is 1.88. The van der Waals surface area contributed by atoms with Crippen molar-refractivity contribution in [2.45, 2.75) is 13.3 Å². The van der Waals surface area contributed by atoms with Crippen LogP contribution in [0.5, 0.6) is 0 Å². The predicted molar refractivity (Wildman–Crippen MR) is 25.7 cm³/mol. The van der Waals surface area contributed by atoms with Gasteiger partial charge >= 0.3 is 0 Å². The molecule has 0 bridgehead atoms. The second-order valence-corrected chi connectivity index (χ2v) is 1.05. The minimum Gasteiger partial charge on any atom is -0.382 e. The number of rotatable bonds is 2. The van der Waals surface area contributed by atoms with Gasteiger partial charge in [0.15, 0.2) is 0 Å². The van der Waals surface area contributed by atoms with Crippen LogP contribution in [0.2, 0.25) is 0 Å². The highest BCUT2D eigenvalue weighted by molar-refractivity contribution is 4.93. The van der Waals surface area contributed by atoms with Crippen LogP contribution in [-0.2, 0) is 0 Å². The molecule has 0 heterocycles. The van der Waals surface area contributed by atoms with Crippen molar-refractivity contribution in [1.82, 2.24) is 0 Å². The SMILES string of the molecule is C=C[C](O)CC. The van der Waals surface area contributed by atoms with E-state index in [4.69, 9.17) is 5.11 Å². The highest BCUT2D eigenvalue weighted by Crippen LogP contribution is 1.97. The van der Waals surface area contributed by atoms with Crippen molar-refractivity contribution in [2.75, 3.05) is 0 Å². The Bertz CT molecular complexity index is 41.2. The van der Waals surface area contributed by atoms with Gasteiger partial charge in [0.2, 0.25) is 0 Å². The summed E-state index contributed by atoms with van der Waals surface area (Å²) in [6, 6.07) is 0. The van der Waals surface area contributed by atoms with Crippen LogP contribution < -0.4 is 0 Å². The molecule has 0 aliphatic carbocycles. The second-order valence-electron chi connectivity index (χ2n) is 1.05. The summed E-state index contributed by atoms with van der Waals surface area (Å²) in [6.07, 6.45) is 2.48. The van der Waals surface area contributed by atoms with Crippen LogP contribution in [-0.4, -0.2) is 5.11 Å². The maximum atomic E-state index is 8.47. The van der Waals surface area contributed by atoms with Crippen molar-refractivity contribution < 1.29 is 5.11 Å². The van der Waals surface area contributed by atoms with Crippen molar-refractivity contribution in [1.29, 1.82) is 0 Å². The smallest absolute Gasteiger partial charge is 0.114 e. The first-order valence-electron chi connectivity index (χ1n) is 1.98. The Morgan fingerprint density at radius 1 is 2.00 bits per heavy atom. The fraction of sp³-hybridized carbons (Fsp3) is 0.400. The van der Waals surface area contributed by atoms with E-state index in [0.717, 1.165) is 0 Å². The van der Waals surface area contributed by atoms with Gasteiger partial charge in [0, 0.05) is 0 Å². The van der Waals surface area contributed by atoms with E-state index < -0.39 is 0 Å². The molecule has 1 nitrogen and oxygen atoms in total. The van der Waals surface area contributed by atoms with Crippen molar-refractivity contribution in [2.24, 2.45) is 0 Å². The third kappa shape index (κ3) is 1.97. The van der Waals surface area contributed by atoms with Gasteiger partial charge in [-0.25, -0.2) is 0 Å². The molecule has 0 aliphatic rings. The van der Waals surface area contributed by atoms with Gasteiger partial charge in [-0.3, -0.25) is 0 Å². The lowest BCUT2D eigenvalue weighted by molar-refractivity contribution is 0.326. The molecule has 0 fully saturated rings. The number of aliphatic hydroxyl groups is 1. The lowest BCUT2D eigenvalue weighted by atomic mass is 10.3. The van der Waals surface area contributed by atoms with Crippen LogP contribution in [0.3, 0.4) is 0 Å². The molecule has 0 aromatic carbocycles. The summed E-state index contributed by atoms with van der Waals surface area (Å²) < 4.78 is 0. The molecule has 0 aliphatic heterocycles. The van der Waals surface area contributed by atoms with E-state index in [1.54, 1.807) is 0 Å². The molecule has 0 amide bonds. The van der Waals surface area contributed by atoms with E-state index in [1.807, 2.05) is 6.92 Å². The van der Waals surface area contributed by atoms with Gasteiger partial charge < -0.3 is 5.11 Å². The zero-order valence-corrected chi connectivity index (χ0v) is 3.94. The summed E-state index contributed by atoms with van der Waals surface area (Å²) in [5.74, 6) is 0. The van der Waals surface area contributed by atoms with Gasteiger partial charge in [-0.05, 0) is 6.42 Å². The van der Waals surface area contributed by atoms with E-state index in [9.17, 15) is 0 Å². The molecule has 35 valence electrons. The van der Waals surface area contributed by atoms with E-state index >= 15 is 0 Å². The molecule has 0 atom stereocenters. The van der Waals surface area contributed by atoms with Crippen molar-refractivity contribution in [3.05, 3.63) is 18.8 Å². The zero-order valence-electron chi connectivity index (χ0n) is 3.94. The first kappa shape index (κ1) is 5.70. The fourth-order valence-corrected chi connectivity index (χ4v) is 0.144. The summed E-state index contributed by atoms with van der Waals surface area (Å²) in [5.41, 5.74) is 0. The first-order valence-corrected chi connectivity index (χ1v) is 1.98. The maximum Gasteiger partial charge on any atom is 0.114 e. The Morgan fingerprint density at radius 3 is 2.50 bits per heavy atom. The van der Waals surface area contributed by atoms with Gasteiger partial charge in [0.1, 0.15) is 6.10 Å². The Balaban J connectivity index is 2.96. The number of hydrogen-bond acceptors (Lipinski definition) is 1. The van der Waals surface area contributed by atoms with Crippen molar-refractivity contribution in [3.8, 4) is 0 Å². The largest absolute Gasteiger partial charge is 0.382 e. The molecule has 0 saturated carbocycles. The van der Waals surface area contributed by atoms with Crippen molar-refractivity contribution in [3.63, 3.8) is 0 Å². The first-order chi connectivity index (χ1) is 2.81. The summed E-state index contributed by atoms with van der Waals surface area (Å²) in [4.78, 5) is 0. The summed E-state index contributed by atoms with van der Waals surface area (Å²) in [5, 5.41) is 8.47. The van der Waals surface area contributed by atoms with Crippen LogP contribution in [0.15, 0.2) is 12.7 Å². The van der Waals surface area contributed by atoms with E-state index in [2.05, 4.69) is 6.58 Å². The quantitative estimate of drug-likeness (QED) is 0.538. The standard InChI is InChI=1S/C5H9O/c1-3-5(6)4-2/h3,6H,1,4H2,2H3. The molecule has 0 unspecified atom stereocenters. The highest BCUT2D eigenvalue weighted by atomic mass is 16.3. The zero-order chi connectivity index (χ0) is 4.99. The molecule has 0 saturated heterocycles. The van der Waals surface area contributed by atoms with Crippen molar-refractivity contribution >= 4 is 0 Å². The molecule has 1 N–H and O–H groups in total. The van der Waals surface area contributed by atoms with E-state index in [0.29, 0.717) is 12.5 Å². The van der Waals surface area contributed by atoms with Gasteiger partial charge in [-0.2, -0.15) is 0 Å². The van der Waals surface area contributed by atoms with Gasteiger partial charge in [-0.1, -0.05) is 13.0 Å². The van der Waals surface area contributed by atoms with Gasteiger partial charge in [-0.15, -0.1) is 6.58 Å². The molecule has 0 spiro atoms. The van der Waals surface area contributed by atoms with Crippen LogP contribution in [0.4, 0.5) is 0 Å². The van der Waals surface area contributed by atoms with Gasteiger partial charge in [0.05, 0.1) is 0 Å². The molecule has 0 rings (SSSR count). The Hall–Kier alpha value is -0.300. The van der Waals surface area contributed by atoms with Gasteiger partial charge in [0.25, 0.3) is 0 Å². The lowest BCUT2D eigenvalue weighted by Crippen LogP contribution is -1.83. The minimum atomic E-state index is 0.356. The molecule has 1 heteroatoms. The van der Waals surface area contributed by atoms with Crippen LogP contribution in [0.1, 0.15) is 13.3 Å². The number of aliphatic hydroxyl groups excluding tert-OH is 1. The molecule has 0 aromatic heterocycles. The lowest BCUT2D eigenvalue weighted by Gasteiger charge is -1.91. The third-order valence-electron chi connectivity index (χ3n) is 0.598. The van der Waals surface area contributed by atoms with Crippen LogP contribution >= 0.6 is 0 Å². The summed E-state index contributed by atoms with van der Waals surface area (Å²) in [7, 11) is 0.